The third kappa shape index (κ3) is 11.5. The van der Waals surface area contributed by atoms with Gasteiger partial charge in [-0.1, -0.05) is 37.1 Å². The highest BCUT2D eigenvalue weighted by molar-refractivity contribution is 5.97. The van der Waals surface area contributed by atoms with Gasteiger partial charge in [0.15, 0.2) is 5.60 Å². The Hall–Kier alpha value is -6.80. The molecule has 17 heteroatoms. The number of hydrogen-bond acceptors (Lipinski definition) is 9. The number of nitriles is 1. The highest BCUT2D eigenvalue weighted by atomic mass is 19.4. The van der Waals surface area contributed by atoms with E-state index in [9.17, 15) is 37.5 Å². The number of benzene rings is 4. The number of amides is 3. The first kappa shape index (κ1) is 46.2. The minimum atomic E-state index is -4.81. The number of unbranched alkanes of at least 4 members (excludes halogenated alkanes) is 3. The fourth-order valence-electron chi connectivity index (χ4n) is 7.67. The monoisotopic (exact) mass is 895 g/mol. The van der Waals surface area contributed by atoms with Crippen LogP contribution >= 0.6 is 0 Å². The van der Waals surface area contributed by atoms with Crippen molar-refractivity contribution in [2.75, 3.05) is 50.0 Å². The molecule has 4 aromatic carbocycles. The molecule has 2 aliphatic rings. The molecule has 1 aliphatic carbocycles. The Bertz CT molecular complexity index is 2650. The van der Waals surface area contributed by atoms with Crippen molar-refractivity contribution in [3.05, 3.63) is 129 Å². The van der Waals surface area contributed by atoms with E-state index < -0.39 is 47.1 Å². The quantitative estimate of drug-likeness (QED) is 0.0648. The van der Waals surface area contributed by atoms with Gasteiger partial charge in [-0.05, 0) is 98.8 Å². The molecule has 5 aromatic rings. The average Bonchev–Trinajstić information content (AvgIpc) is 4.16. The summed E-state index contributed by atoms with van der Waals surface area (Å²) in [4.78, 5) is 55.5. The lowest BCUT2D eigenvalue weighted by Crippen LogP contribution is -2.51. The topological polar surface area (TPSA) is 170 Å². The molecule has 1 aromatic heterocycles. The Morgan fingerprint density at radius 1 is 0.877 bits per heavy atom. The Morgan fingerprint density at radius 2 is 1.55 bits per heavy atom. The summed E-state index contributed by atoms with van der Waals surface area (Å²) in [5.74, 6) is -1.43. The third-order valence-corrected chi connectivity index (χ3v) is 11.6. The van der Waals surface area contributed by atoms with Gasteiger partial charge in [0.25, 0.3) is 17.4 Å². The van der Waals surface area contributed by atoms with Crippen LogP contribution in [0.3, 0.4) is 0 Å². The van der Waals surface area contributed by atoms with Gasteiger partial charge in [0.1, 0.15) is 18.2 Å². The lowest BCUT2D eigenvalue weighted by molar-refractivity contribution is -0.138. The number of aromatic nitrogens is 2. The van der Waals surface area contributed by atoms with Gasteiger partial charge < -0.3 is 30.3 Å². The maximum atomic E-state index is 15.1. The number of hydrogen-bond donors (Lipinski definition) is 3. The molecule has 1 saturated carbocycles. The van der Waals surface area contributed by atoms with Gasteiger partial charge in [-0.2, -0.15) is 23.5 Å². The van der Waals surface area contributed by atoms with Crippen LogP contribution in [0.5, 0.6) is 5.75 Å². The zero-order valence-electron chi connectivity index (χ0n) is 35.8. The lowest BCUT2D eigenvalue weighted by atomic mass is 10.0. The smallest absolute Gasteiger partial charge is 0.417 e. The van der Waals surface area contributed by atoms with Crippen LogP contribution in [0, 0.1) is 23.1 Å². The first-order chi connectivity index (χ1) is 31.1. The van der Waals surface area contributed by atoms with E-state index in [0.717, 1.165) is 49.9 Å². The predicted octanol–water partition coefficient (Wildman–Crippen LogP) is 7.15. The maximum Gasteiger partial charge on any atom is 0.417 e. The molecule has 0 bridgehead atoms. The number of nitrogens with zero attached hydrogens (tertiary/aromatic N) is 5. The summed E-state index contributed by atoms with van der Waals surface area (Å²) >= 11 is 0. The van der Waals surface area contributed by atoms with Gasteiger partial charge in [-0.15, -0.1) is 0 Å². The molecule has 1 unspecified atom stereocenters. The summed E-state index contributed by atoms with van der Waals surface area (Å²) < 4.78 is 62.2. The van der Waals surface area contributed by atoms with E-state index in [4.69, 9.17) is 15.1 Å². The van der Waals surface area contributed by atoms with Crippen molar-refractivity contribution in [1.82, 2.24) is 19.6 Å². The Balaban J connectivity index is 0.860. The van der Waals surface area contributed by atoms with Crippen LogP contribution in [0.15, 0.2) is 89.7 Å². The molecule has 7 rings (SSSR count). The highest BCUT2D eigenvalue weighted by Crippen LogP contribution is 2.34. The van der Waals surface area contributed by atoms with Crippen LogP contribution in [0.4, 0.5) is 28.9 Å². The largest absolute Gasteiger partial charge is 0.490 e. The Labute approximate surface area is 372 Å². The molecular formula is C48H49F4N7O6. The van der Waals surface area contributed by atoms with Gasteiger partial charge in [0.05, 0.1) is 33.8 Å². The predicted molar refractivity (Wildman–Crippen MR) is 235 cm³/mol. The average molecular weight is 896 g/mol. The zero-order valence-corrected chi connectivity index (χ0v) is 35.8. The highest BCUT2D eigenvalue weighted by Gasteiger charge is 2.37. The van der Waals surface area contributed by atoms with Gasteiger partial charge in [-0.25, -0.2) is 9.07 Å². The van der Waals surface area contributed by atoms with Crippen molar-refractivity contribution in [3.63, 3.8) is 0 Å². The Morgan fingerprint density at radius 3 is 2.25 bits per heavy atom. The first-order valence-electron chi connectivity index (χ1n) is 21.6. The fourth-order valence-corrected chi connectivity index (χ4v) is 7.67. The minimum Gasteiger partial charge on any atom is -0.490 e. The molecule has 3 amide bonds. The van der Waals surface area contributed by atoms with Crippen LogP contribution < -0.4 is 20.9 Å². The van der Waals surface area contributed by atoms with E-state index in [1.54, 1.807) is 58.3 Å². The standard InChI is InChI=1S/C48H49F4N7O6/c1-47(64,46(63)55-35-14-13-33(29-53)40(28-35)48(50,51)52)30-65-36-17-15-34(16-18-36)54-20-6-2-3-7-21-59-45(62)38-9-5-4-8-37(38)42(56-59)27-31-10-19-41(49)39(26-31)44(61)58-24-22-57(23-25-58)43(60)32-11-12-32/h4-5,8-10,13-19,26,28,32,54,64H,2-3,6-7,11-12,20-25,27,30H2,1H3,(H,55,63). The van der Waals surface area contributed by atoms with Crippen LogP contribution in [0.2, 0.25) is 0 Å². The van der Waals surface area contributed by atoms with Gasteiger partial charge in [0, 0.05) is 68.4 Å². The van der Waals surface area contributed by atoms with Crippen LogP contribution in [0.25, 0.3) is 10.8 Å². The summed E-state index contributed by atoms with van der Waals surface area (Å²) in [6.07, 6.45) is 0.547. The summed E-state index contributed by atoms with van der Waals surface area (Å²) in [6.45, 7) is 3.29. The van der Waals surface area contributed by atoms with Gasteiger partial charge in [0.2, 0.25) is 5.91 Å². The molecule has 1 atom stereocenters. The molecule has 0 radical (unpaired) electrons. The van der Waals surface area contributed by atoms with Crippen molar-refractivity contribution in [2.45, 2.75) is 70.2 Å². The number of anilines is 2. The van der Waals surface area contributed by atoms with Crippen LogP contribution in [0.1, 0.15) is 78.2 Å². The molecular weight excluding hydrogens is 847 g/mol. The van der Waals surface area contributed by atoms with E-state index >= 15 is 4.39 Å². The second-order valence-corrected chi connectivity index (χ2v) is 16.7. The molecule has 2 heterocycles. The second-order valence-electron chi connectivity index (χ2n) is 16.7. The van der Waals surface area contributed by atoms with E-state index in [1.807, 2.05) is 12.1 Å². The lowest BCUT2D eigenvalue weighted by Gasteiger charge is -2.35. The molecule has 3 N–H and O–H groups in total. The molecule has 1 aliphatic heterocycles. The number of rotatable bonds is 17. The van der Waals surface area contributed by atoms with Crippen molar-refractivity contribution in [1.29, 1.82) is 5.26 Å². The van der Waals surface area contributed by atoms with Gasteiger partial charge >= 0.3 is 6.18 Å². The van der Waals surface area contributed by atoms with E-state index in [-0.39, 0.29) is 35.1 Å². The number of carbonyl (C=O) groups excluding carboxylic acids is 3. The number of carbonyl (C=O) groups is 3. The summed E-state index contributed by atoms with van der Waals surface area (Å²) in [6, 6.07) is 22.7. The fraction of sp³-hybridized carbons (Fsp3) is 0.375. The van der Waals surface area contributed by atoms with E-state index in [2.05, 4.69) is 10.6 Å². The molecule has 65 heavy (non-hydrogen) atoms. The maximum absolute atomic E-state index is 15.1. The summed E-state index contributed by atoms with van der Waals surface area (Å²) in [7, 11) is 0. The second kappa shape index (κ2) is 19.9. The van der Waals surface area contributed by atoms with E-state index in [0.29, 0.717) is 79.5 Å². The normalized spacial score (nSPS) is 15.0. The SMILES string of the molecule is CC(O)(COc1ccc(NCCCCCCn2nc(Cc3ccc(F)c(C(=O)N4CCN(C(=O)C5CC5)CC4)c3)c3ccccc3c2=O)cc1)C(=O)Nc1ccc(C#N)c(C(F)(F)F)c1. The minimum absolute atomic E-state index is 0.0333. The molecule has 13 nitrogen and oxygen atoms in total. The number of aryl methyl sites for hydroxylation is 1. The first-order valence-corrected chi connectivity index (χ1v) is 21.6. The summed E-state index contributed by atoms with van der Waals surface area (Å²) in [5.41, 5.74) is -2.25. The number of fused-ring (bicyclic) bond motifs is 1. The number of nitrogens with one attached hydrogen (secondary N) is 2. The van der Waals surface area contributed by atoms with Crippen molar-refractivity contribution < 1.29 is 41.8 Å². The van der Waals surface area contributed by atoms with Gasteiger partial charge in [-0.3, -0.25) is 19.2 Å². The van der Waals surface area contributed by atoms with Crippen molar-refractivity contribution >= 4 is 39.9 Å². The Kier molecular flexibility index (Phi) is 14.2. The zero-order chi connectivity index (χ0) is 46.3. The molecule has 0 spiro atoms. The number of alkyl halides is 3. The van der Waals surface area contributed by atoms with Crippen molar-refractivity contribution in [3.8, 4) is 11.8 Å². The molecule has 1 saturated heterocycles. The summed E-state index contributed by atoms with van der Waals surface area (Å²) in [5, 5.41) is 31.2. The third-order valence-electron chi connectivity index (χ3n) is 11.6. The molecule has 2 fully saturated rings. The molecule has 340 valence electrons. The van der Waals surface area contributed by atoms with Crippen LogP contribution in [-0.2, 0) is 28.7 Å². The van der Waals surface area contributed by atoms with Crippen molar-refractivity contribution in [2.24, 2.45) is 5.92 Å². The number of ether oxygens (including phenoxy) is 1. The number of aliphatic hydroxyl groups is 1. The number of piperazine rings is 1. The van der Waals surface area contributed by atoms with E-state index in [1.165, 1.54) is 23.7 Å². The van der Waals surface area contributed by atoms with Crippen LogP contribution in [-0.4, -0.2) is 87.3 Å². The number of halogens is 4.